The molecule has 1 aliphatic rings. The third-order valence-electron chi connectivity index (χ3n) is 1.99. The Kier molecular flexibility index (Phi) is 2.63. The van der Waals surface area contributed by atoms with Gasteiger partial charge in [0.05, 0.1) is 5.25 Å². The van der Waals surface area contributed by atoms with Crippen molar-refractivity contribution >= 4 is 19.7 Å². The normalized spacial score (nSPS) is 30.1. The number of hydrogen-bond acceptors (Lipinski definition) is 2. The van der Waals surface area contributed by atoms with E-state index in [4.69, 9.17) is 10.7 Å². The predicted octanol–water partition coefficient (Wildman–Crippen LogP) is 2.13. The van der Waals surface area contributed by atoms with Crippen molar-refractivity contribution in [1.29, 1.82) is 0 Å². The largest absolute Gasteiger partial charge is 0.249 e. The molecule has 2 nitrogen and oxygen atoms in total. The van der Waals surface area contributed by atoms with E-state index in [9.17, 15) is 17.2 Å². The van der Waals surface area contributed by atoms with Crippen LogP contribution in [0.3, 0.4) is 0 Å². The minimum atomic E-state index is -3.80. The Hall–Kier alpha value is 0.1000. The molecule has 12 heavy (non-hydrogen) atoms. The molecule has 0 radical (unpaired) electrons. The van der Waals surface area contributed by atoms with Crippen LogP contribution in [0, 0.1) is 0 Å². The second kappa shape index (κ2) is 3.10. The third-order valence-corrected chi connectivity index (χ3v) is 3.95. The number of halogens is 3. The van der Waals surface area contributed by atoms with E-state index in [-0.39, 0.29) is 19.3 Å². The van der Waals surface area contributed by atoms with E-state index in [1.165, 1.54) is 0 Å². The highest BCUT2D eigenvalue weighted by molar-refractivity contribution is 8.14. The minimum absolute atomic E-state index is 0.226. The summed E-state index contributed by atoms with van der Waals surface area (Å²) in [4.78, 5) is 0. The molecule has 1 atom stereocenters. The Balaban J connectivity index is 2.71. The molecule has 0 amide bonds. The molecule has 0 unspecified atom stereocenters. The van der Waals surface area contributed by atoms with Crippen molar-refractivity contribution in [3.8, 4) is 0 Å². The maximum atomic E-state index is 12.7. The summed E-state index contributed by atoms with van der Waals surface area (Å²) in [6.07, 6.45) is -0.375. The summed E-state index contributed by atoms with van der Waals surface area (Å²) in [5.74, 6) is -2.86. The van der Waals surface area contributed by atoms with Gasteiger partial charge in [0.2, 0.25) is 15.0 Å². The second-order valence-corrected chi connectivity index (χ2v) is 5.96. The van der Waals surface area contributed by atoms with Crippen LogP contribution in [0.25, 0.3) is 0 Å². The van der Waals surface area contributed by atoms with E-state index in [2.05, 4.69) is 0 Å². The van der Waals surface area contributed by atoms with E-state index in [0.717, 1.165) is 0 Å². The van der Waals surface area contributed by atoms with Crippen LogP contribution in [-0.2, 0) is 9.05 Å². The molecule has 1 aliphatic carbocycles. The lowest BCUT2D eigenvalue weighted by molar-refractivity contribution is -0.0322. The van der Waals surface area contributed by atoms with Crippen LogP contribution in [-0.4, -0.2) is 19.6 Å². The summed E-state index contributed by atoms with van der Waals surface area (Å²) >= 11 is 0. The van der Waals surface area contributed by atoms with Gasteiger partial charge in [0.15, 0.2) is 0 Å². The van der Waals surface area contributed by atoms with Gasteiger partial charge in [-0.3, -0.25) is 0 Å². The lowest BCUT2D eigenvalue weighted by Gasteiger charge is -2.26. The number of rotatable bonds is 1. The lowest BCUT2D eigenvalue weighted by atomic mass is 9.96. The first kappa shape index (κ1) is 10.2. The summed E-state index contributed by atoms with van der Waals surface area (Å²) in [5.41, 5.74) is 0. The zero-order chi connectivity index (χ0) is 9.41. The van der Waals surface area contributed by atoms with Crippen LogP contribution in [0.1, 0.15) is 25.7 Å². The molecule has 0 bridgehead atoms. The molecule has 0 aromatic carbocycles. The zero-order valence-electron chi connectivity index (χ0n) is 6.26. The molecule has 0 aromatic heterocycles. The minimum Gasteiger partial charge on any atom is -0.212 e. The molecule has 1 rings (SSSR count). The molecule has 0 N–H and O–H groups in total. The lowest BCUT2D eigenvalue weighted by Crippen LogP contribution is -2.32. The number of alkyl halides is 2. The van der Waals surface area contributed by atoms with Crippen molar-refractivity contribution in [3.05, 3.63) is 0 Å². The molecule has 1 saturated carbocycles. The van der Waals surface area contributed by atoms with Gasteiger partial charge >= 0.3 is 0 Å². The van der Waals surface area contributed by atoms with Gasteiger partial charge in [-0.1, -0.05) is 0 Å². The van der Waals surface area contributed by atoms with Crippen LogP contribution in [0.15, 0.2) is 0 Å². The highest BCUT2D eigenvalue weighted by Gasteiger charge is 2.41. The van der Waals surface area contributed by atoms with E-state index in [1.807, 2.05) is 0 Å². The van der Waals surface area contributed by atoms with Gasteiger partial charge in [-0.2, -0.15) is 0 Å². The Morgan fingerprint density at radius 2 is 2.00 bits per heavy atom. The topological polar surface area (TPSA) is 34.1 Å². The van der Waals surface area contributed by atoms with Gasteiger partial charge in [0.1, 0.15) is 0 Å². The summed E-state index contributed by atoms with van der Waals surface area (Å²) in [5, 5.41) is -1.07. The predicted molar refractivity (Wildman–Crippen MR) is 42.0 cm³/mol. The van der Waals surface area contributed by atoms with Crippen molar-refractivity contribution in [3.63, 3.8) is 0 Å². The Labute approximate surface area is 74.3 Å². The molecule has 0 aliphatic heterocycles. The Morgan fingerprint density at radius 1 is 1.42 bits per heavy atom. The van der Waals surface area contributed by atoms with Crippen LogP contribution in [0.4, 0.5) is 8.78 Å². The average Bonchev–Trinajstić information content (AvgIpc) is 1.83. The summed E-state index contributed by atoms with van der Waals surface area (Å²) in [6.45, 7) is 0. The SMILES string of the molecule is O=S(=O)(Cl)[C@@H]1CCCC(F)(F)C1. The van der Waals surface area contributed by atoms with Crippen LogP contribution in [0.2, 0.25) is 0 Å². The van der Waals surface area contributed by atoms with Gasteiger partial charge in [-0.05, 0) is 12.8 Å². The first-order valence-electron chi connectivity index (χ1n) is 3.62. The van der Waals surface area contributed by atoms with Gasteiger partial charge in [0.25, 0.3) is 0 Å². The third kappa shape index (κ3) is 2.55. The van der Waals surface area contributed by atoms with Gasteiger partial charge in [-0.15, -0.1) is 0 Å². The first-order chi connectivity index (χ1) is 5.31. The molecule has 72 valence electrons. The van der Waals surface area contributed by atoms with Crippen molar-refractivity contribution in [2.75, 3.05) is 0 Å². The maximum absolute atomic E-state index is 12.7. The van der Waals surface area contributed by atoms with Gasteiger partial charge < -0.3 is 0 Å². The summed E-state index contributed by atoms with van der Waals surface area (Å²) in [6, 6.07) is 0. The van der Waals surface area contributed by atoms with Crippen molar-refractivity contribution in [2.45, 2.75) is 36.9 Å². The first-order valence-corrected chi connectivity index (χ1v) is 6.00. The van der Waals surface area contributed by atoms with Crippen molar-refractivity contribution < 1.29 is 17.2 Å². The van der Waals surface area contributed by atoms with Crippen LogP contribution < -0.4 is 0 Å². The average molecular weight is 219 g/mol. The van der Waals surface area contributed by atoms with E-state index in [0.29, 0.717) is 0 Å². The van der Waals surface area contributed by atoms with Crippen LogP contribution >= 0.6 is 10.7 Å². The molecule has 6 heteroatoms. The quantitative estimate of drug-likeness (QED) is 0.632. The molecule has 0 aromatic rings. The molecular formula is C6H9ClF2O2S. The Bertz CT molecular complexity index is 263. The molecular weight excluding hydrogens is 210 g/mol. The second-order valence-electron chi connectivity index (χ2n) is 3.05. The fourth-order valence-corrected chi connectivity index (χ4v) is 2.71. The molecule has 0 saturated heterocycles. The van der Waals surface area contributed by atoms with E-state index < -0.39 is 26.6 Å². The zero-order valence-corrected chi connectivity index (χ0v) is 7.84. The maximum Gasteiger partial charge on any atom is 0.249 e. The van der Waals surface area contributed by atoms with Crippen molar-refractivity contribution in [1.82, 2.24) is 0 Å². The van der Waals surface area contributed by atoms with Gasteiger partial charge in [0, 0.05) is 23.5 Å². The highest BCUT2D eigenvalue weighted by atomic mass is 35.7. The van der Waals surface area contributed by atoms with E-state index >= 15 is 0 Å². The number of hydrogen-bond donors (Lipinski definition) is 0. The monoisotopic (exact) mass is 218 g/mol. The summed E-state index contributed by atoms with van der Waals surface area (Å²) in [7, 11) is 1.17. The standard InChI is InChI=1S/C6H9ClF2O2S/c7-12(10,11)5-2-1-3-6(8,9)4-5/h5H,1-4H2/t5-/m1/s1. The highest BCUT2D eigenvalue weighted by Crippen LogP contribution is 2.36. The molecule has 0 heterocycles. The van der Waals surface area contributed by atoms with Crippen molar-refractivity contribution in [2.24, 2.45) is 0 Å². The summed E-state index contributed by atoms with van der Waals surface area (Å²) < 4.78 is 46.7. The van der Waals surface area contributed by atoms with E-state index in [1.54, 1.807) is 0 Å². The van der Waals surface area contributed by atoms with Gasteiger partial charge in [-0.25, -0.2) is 17.2 Å². The molecule has 1 fully saturated rings. The fourth-order valence-electron chi connectivity index (χ4n) is 1.37. The smallest absolute Gasteiger partial charge is 0.212 e. The van der Waals surface area contributed by atoms with Crippen LogP contribution in [0.5, 0.6) is 0 Å². The molecule has 0 spiro atoms. The Morgan fingerprint density at radius 3 is 2.33 bits per heavy atom. The fraction of sp³-hybridized carbons (Fsp3) is 1.00.